The minimum atomic E-state index is -1.11. The van der Waals surface area contributed by atoms with Crippen molar-refractivity contribution in [3.63, 3.8) is 0 Å². The van der Waals surface area contributed by atoms with Crippen molar-refractivity contribution < 1.29 is 9.00 Å². The maximum Gasteiger partial charge on any atom is 0.236 e. The highest BCUT2D eigenvalue weighted by molar-refractivity contribution is 7.85. The predicted octanol–water partition coefficient (Wildman–Crippen LogP) is 2.29. The smallest absolute Gasteiger partial charge is 0.236 e. The Morgan fingerprint density at radius 2 is 2.00 bits per heavy atom. The number of carbonyl (C=O) groups excluding carboxylic acids is 1. The summed E-state index contributed by atoms with van der Waals surface area (Å²) in [5.74, 6) is 0.808. The highest BCUT2D eigenvalue weighted by atomic mass is 32.2. The predicted molar refractivity (Wildman–Crippen MR) is 77.1 cm³/mol. The monoisotopic (exact) mass is 278 g/mol. The first-order valence-electron chi connectivity index (χ1n) is 6.16. The molecule has 1 unspecified atom stereocenters. The molecule has 1 aromatic rings. The maximum atomic E-state index is 11.7. The lowest BCUT2D eigenvalue weighted by Crippen LogP contribution is -2.21. The van der Waals surface area contributed by atoms with Gasteiger partial charge in [-0.15, -0.1) is 0 Å². The van der Waals surface area contributed by atoms with Crippen molar-refractivity contribution in [2.45, 2.75) is 20.3 Å². The summed E-state index contributed by atoms with van der Waals surface area (Å²) in [4.78, 5) is 11.7. The van der Waals surface area contributed by atoms with Crippen LogP contribution in [0.5, 0.6) is 0 Å². The van der Waals surface area contributed by atoms with Gasteiger partial charge < -0.3 is 5.32 Å². The molecule has 5 heteroatoms. The molecule has 0 aliphatic carbocycles. The number of nitrogens with zero attached hydrogens (tertiary/aromatic N) is 1. The summed E-state index contributed by atoms with van der Waals surface area (Å²) >= 11 is 0. The van der Waals surface area contributed by atoms with Crippen molar-refractivity contribution in [2.75, 3.05) is 16.8 Å². The van der Waals surface area contributed by atoms with E-state index in [0.29, 0.717) is 22.9 Å². The molecule has 0 aliphatic rings. The zero-order chi connectivity index (χ0) is 14.3. The van der Waals surface area contributed by atoms with Gasteiger partial charge in [-0.2, -0.15) is 5.26 Å². The maximum absolute atomic E-state index is 11.7. The van der Waals surface area contributed by atoms with Gasteiger partial charge in [0.05, 0.1) is 11.6 Å². The normalized spacial score (nSPS) is 11.9. The Balaban J connectivity index is 2.42. The largest absolute Gasteiger partial charge is 0.325 e. The van der Waals surface area contributed by atoms with Crippen molar-refractivity contribution in [3.05, 3.63) is 29.8 Å². The number of nitriles is 1. The molecule has 0 aromatic heterocycles. The van der Waals surface area contributed by atoms with Gasteiger partial charge in [0.15, 0.2) is 0 Å². The zero-order valence-electron chi connectivity index (χ0n) is 11.2. The Labute approximate surface area is 116 Å². The van der Waals surface area contributed by atoms with E-state index in [9.17, 15) is 9.00 Å². The van der Waals surface area contributed by atoms with Crippen LogP contribution in [-0.2, 0) is 15.6 Å². The molecule has 0 saturated carbocycles. The van der Waals surface area contributed by atoms with Gasteiger partial charge in [0, 0.05) is 22.2 Å². The Bertz CT molecular complexity index is 489. The number of benzene rings is 1. The van der Waals surface area contributed by atoms with E-state index in [-0.39, 0.29) is 11.7 Å². The Kier molecular flexibility index (Phi) is 6.23. The van der Waals surface area contributed by atoms with Crippen LogP contribution < -0.4 is 5.32 Å². The second-order valence-corrected chi connectivity index (χ2v) is 6.28. The molecule has 4 nitrogen and oxygen atoms in total. The van der Waals surface area contributed by atoms with E-state index < -0.39 is 10.8 Å². The van der Waals surface area contributed by atoms with Crippen molar-refractivity contribution in [3.8, 4) is 6.07 Å². The van der Waals surface area contributed by atoms with E-state index in [2.05, 4.69) is 19.2 Å². The van der Waals surface area contributed by atoms with Crippen LogP contribution in [-0.4, -0.2) is 21.6 Å². The second kappa shape index (κ2) is 7.70. The third-order valence-corrected chi connectivity index (χ3v) is 3.79. The fourth-order valence-electron chi connectivity index (χ4n) is 1.41. The van der Waals surface area contributed by atoms with Crippen LogP contribution in [0.25, 0.3) is 0 Å². The van der Waals surface area contributed by atoms with Gasteiger partial charge in [0.25, 0.3) is 0 Å². The third-order valence-electron chi connectivity index (χ3n) is 2.51. The topological polar surface area (TPSA) is 70.0 Å². The van der Waals surface area contributed by atoms with Gasteiger partial charge in [-0.05, 0) is 36.6 Å². The number of hydrogen-bond acceptors (Lipinski definition) is 3. The van der Waals surface area contributed by atoms with Gasteiger partial charge in [-0.25, -0.2) is 0 Å². The molecule has 1 rings (SSSR count). The minimum absolute atomic E-state index is 0.0206. The van der Waals surface area contributed by atoms with E-state index >= 15 is 0 Å². The fraction of sp³-hybridized carbons (Fsp3) is 0.429. The van der Waals surface area contributed by atoms with Crippen LogP contribution >= 0.6 is 0 Å². The Morgan fingerprint density at radius 3 is 2.53 bits per heavy atom. The quantitative estimate of drug-likeness (QED) is 0.868. The first-order valence-corrected chi connectivity index (χ1v) is 7.65. The molecule has 19 heavy (non-hydrogen) atoms. The van der Waals surface area contributed by atoms with Gasteiger partial charge in [-0.3, -0.25) is 9.00 Å². The van der Waals surface area contributed by atoms with Gasteiger partial charge in [0.2, 0.25) is 5.91 Å². The van der Waals surface area contributed by atoms with Crippen LogP contribution in [0.1, 0.15) is 25.8 Å². The molecule has 0 spiro atoms. The number of carbonyl (C=O) groups is 1. The number of amides is 1. The Morgan fingerprint density at radius 1 is 1.37 bits per heavy atom. The summed E-state index contributed by atoms with van der Waals surface area (Å²) in [6.07, 6.45) is 0.858. The Hall–Kier alpha value is -1.67. The van der Waals surface area contributed by atoms with Crippen molar-refractivity contribution in [2.24, 2.45) is 5.92 Å². The summed E-state index contributed by atoms with van der Waals surface area (Å²) < 4.78 is 11.7. The number of rotatable bonds is 6. The molecular formula is C14H18N2O2S. The van der Waals surface area contributed by atoms with Crippen LogP contribution in [0.2, 0.25) is 0 Å². The van der Waals surface area contributed by atoms with E-state index in [4.69, 9.17) is 5.26 Å². The SMILES string of the molecule is CC(C)CCS(=O)CC(=O)Nc1ccc(C#N)cc1. The van der Waals surface area contributed by atoms with Crippen molar-refractivity contribution in [1.29, 1.82) is 5.26 Å². The van der Waals surface area contributed by atoms with E-state index in [0.717, 1.165) is 6.42 Å². The fourth-order valence-corrected chi connectivity index (χ4v) is 2.65. The lowest BCUT2D eigenvalue weighted by Gasteiger charge is -2.06. The summed E-state index contributed by atoms with van der Waals surface area (Å²) in [6.45, 7) is 4.13. The van der Waals surface area contributed by atoms with Crippen molar-refractivity contribution in [1.82, 2.24) is 0 Å². The van der Waals surface area contributed by atoms with Crippen LogP contribution in [0.3, 0.4) is 0 Å². The van der Waals surface area contributed by atoms with Gasteiger partial charge in [-0.1, -0.05) is 13.8 Å². The third kappa shape index (κ3) is 6.16. The lowest BCUT2D eigenvalue weighted by molar-refractivity contribution is -0.113. The molecule has 0 saturated heterocycles. The number of hydrogen-bond donors (Lipinski definition) is 1. The van der Waals surface area contributed by atoms with Crippen molar-refractivity contribution >= 4 is 22.4 Å². The standard InChI is InChI=1S/C14H18N2O2S/c1-11(2)7-8-19(18)10-14(17)16-13-5-3-12(9-15)4-6-13/h3-6,11H,7-8,10H2,1-2H3,(H,16,17). The summed E-state index contributed by atoms with van der Waals surface area (Å²) in [5.41, 5.74) is 1.16. The van der Waals surface area contributed by atoms with Crippen LogP contribution in [0.15, 0.2) is 24.3 Å². The van der Waals surface area contributed by atoms with E-state index in [1.54, 1.807) is 24.3 Å². The molecular weight excluding hydrogens is 260 g/mol. The van der Waals surface area contributed by atoms with Gasteiger partial charge in [0.1, 0.15) is 5.75 Å². The molecule has 1 N–H and O–H groups in total. The molecule has 102 valence electrons. The molecule has 1 aromatic carbocycles. The first-order chi connectivity index (χ1) is 9.01. The van der Waals surface area contributed by atoms with E-state index in [1.165, 1.54) is 0 Å². The molecule has 0 fully saturated rings. The van der Waals surface area contributed by atoms with E-state index in [1.807, 2.05) is 6.07 Å². The average Bonchev–Trinajstić information content (AvgIpc) is 2.37. The van der Waals surface area contributed by atoms with Crippen LogP contribution in [0, 0.1) is 17.2 Å². The molecule has 1 amide bonds. The summed E-state index contributed by atoms with van der Waals surface area (Å²) in [6, 6.07) is 8.59. The van der Waals surface area contributed by atoms with Gasteiger partial charge >= 0.3 is 0 Å². The molecule has 1 atom stereocenters. The molecule has 0 bridgehead atoms. The summed E-state index contributed by atoms with van der Waals surface area (Å²) in [5, 5.41) is 11.3. The lowest BCUT2D eigenvalue weighted by atomic mass is 10.2. The first kappa shape index (κ1) is 15.4. The average molecular weight is 278 g/mol. The summed E-state index contributed by atoms with van der Waals surface area (Å²) in [7, 11) is -1.11. The highest BCUT2D eigenvalue weighted by Gasteiger charge is 2.09. The second-order valence-electron chi connectivity index (χ2n) is 4.71. The zero-order valence-corrected chi connectivity index (χ0v) is 12.0. The highest BCUT2D eigenvalue weighted by Crippen LogP contribution is 2.09. The molecule has 0 aliphatic heterocycles. The number of anilines is 1. The van der Waals surface area contributed by atoms with Crippen LogP contribution in [0.4, 0.5) is 5.69 Å². The minimum Gasteiger partial charge on any atom is -0.325 e. The molecule has 0 heterocycles. The molecule has 0 radical (unpaired) electrons. The number of nitrogens with one attached hydrogen (secondary N) is 1.